The molecule has 0 aliphatic heterocycles. The van der Waals surface area contributed by atoms with Gasteiger partial charge in [-0.3, -0.25) is 9.59 Å². The molecule has 0 aliphatic rings. The molecule has 274 valence electrons. The number of unbranched alkanes of at least 4 members (excludes halogenated alkanes) is 13. The normalized spacial score (nSPS) is 13.0. The van der Waals surface area contributed by atoms with Gasteiger partial charge in [-0.2, -0.15) is 0 Å². The van der Waals surface area contributed by atoms with Gasteiger partial charge in [-0.1, -0.05) is 170 Å². The van der Waals surface area contributed by atoms with Crippen molar-refractivity contribution in [3.05, 3.63) is 72.9 Å². The van der Waals surface area contributed by atoms with E-state index < -0.39 is 6.10 Å². The zero-order valence-corrected chi connectivity index (χ0v) is 31.2. The predicted octanol–water partition coefficient (Wildman–Crippen LogP) is 12.4. The van der Waals surface area contributed by atoms with E-state index in [2.05, 4.69) is 80.7 Å². The summed E-state index contributed by atoms with van der Waals surface area (Å²) in [6.07, 6.45) is 50.6. The number of ether oxygens (including phenoxy) is 3. The first kappa shape index (κ1) is 45.3. The molecule has 0 bridgehead atoms. The van der Waals surface area contributed by atoms with E-state index in [1.54, 1.807) is 0 Å². The molecule has 5 nitrogen and oxygen atoms in total. The molecular formula is C43H72O5. The standard InChI is InChI=1S/C43H72O5/c1-4-6-8-10-12-14-16-18-20-21-22-23-24-25-27-29-31-33-35-37-43(45)48-42(40-47-41(3)44)39-46-38-36-34-32-30-28-26-19-17-15-13-11-9-7-5-2/h6,8,12,14,18,20,22-23,25,27,31,33,42H,4-5,7,9-11,13,15-17,19,21,24,26,28-30,32,34-40H2,1-3H3/b8-6-,14-12-,20-18-,23-22-,27-25-,33-31-/t42-/m1/s1. The van der Waals surface area contributed by atoms with E-state index in [4.69, 9.17) is 14.2 Å². The summed E-state index contributed by atoms with van der Waals surface area (Å²) in [6.45, 7) is 6.68. The second-order valence-electron chi connectivity index (χ2n) is 12.5. The molecule has 0 unspecified atom stereocenters. The van der Waals surface area contributed by atoms with Crippen LogP contribution < -0.4 is 0 Å². The third-order valence-electron chi connectivity index (χ3n) is 7.83. The van der Waals surface area contributed by atoms with Crippen LogP contribution in [0.15, 0.2) is 72.9 Å². The molecule has 1 atom stereocenters. The van der Waals surface area contributed by atoms with Crippen LogP contribution in [0.4, 0.5) is 0 Å². The third kappa shape index (κ3) is 37.8. The maximum atomic E-state index is 12.4. The maximum absolute atomic E-state index is 12.4. The number of rotatable bonds is 34. The van der Waals surface area contributed by atoms with Crippen LogP contribution in [-0.4, -0.2) is 37.9 Å². The highest BCUT2D eigenvalue weighted by Gasteiger charge is 2.16. The van der Waals surface area contributed by atoms with Gasteiger partial charge in [0.05, 0.1) is 6.61 Å². The lowest BCUT2D eigenvalue weighted by Crippen LogP contribution is -2.29. The quantitative estimate of drug-likeness (QED) is 0.0388. The Morgan fingerprint density at radius 3 is 1.38 bits per heavy atom. The molecule has 0 saturated carbocycles. The van der Waals surface area contributed by atoms with E-state index in [1.165, 1.54) is 84.0 Å². The van der Waals surface area contributed by atoms with E-state index in [-0.39, 0.29) is 31.6 Å². The predicted molar refractivity (Wildman–Crippen MR) is 205 cm³/mol. The van der Waals surface area contributed by atoms with E-state index >= 15 is 0 Å². The van der Waals surface area contributed by atoms with Gasteiger partial charge in [-0.25, -0.2) is 0 Å². The average molecular weight is 669 g/mol. The van der Waals surface area contributed by atoms with Gasteiger partial charge in [0.1, 0.15) is 6.61 Å². The summed E-state index contributed by atoms with van der Waals surface area (Å²) >= 11 is 0. The van der Waals surface area contributed by atoms with Crippen molar-refractivity contribution >= 4 is 11.9 Å². The molecule has 0 aromatic heterocycles. The molecule has 0 aromatic carbocycles. The Morgan fingerprint density at radius 2 is 0.938 bits per heavy atom. The number of allylic oxidation sites excluding steroid dienone is 12. The van der Waals surface area contributed by atoms with Crippen LogP contribution in [0.2, 0.25) is 0 Å². The molecular weight excluding hydrogens is 596 g/mol. The summed E-state index contributed by atoms with van der Waals surface area (Å²) in [4.78, 5) is 23.7. The highest BCUT2D eigenvalue weighted by atomic mass is 16.6. The summed E-state index contributed by atoms with van der Waals surface area (Å²) in [7, 11) is 0. The first-order valence-corrected chi connectivity index (χ1v) is 19.4. The van der Waals surface area contributed by atoms with Crippen LogP contribution >= 0.6 is 0 Å². The minimum atomic E-state index is -0.571. The van der Waals surface area contributed by atoms with E-state index in [1.807, 2.05) is 6.08 Å². The van der Waals surface area contributed by atoms with Gasteiger partial charge in [0.15, 0.2) is 6.10 Å². The fourth-order valence-electron chi connectivity index (χ4n) is 5.03. The van der Waals surface area contributed by atoms with Gasteiger partial charge in [0.2, 0.25) is 0 Å². The lowest BCUT2D eigenvalue weighted by Gasteiger charge is -2.17. The number of hydrogen-bond donors (Lipinski definition) is 0. The molecule has 0 N–H and O–H groups in total. The van der Waals surface area contributed by atoms with Gasteiger partial charge < -0.3 is 14.2 Å². The lowest BCUT2D eigenvalue weighted by atomic mass is 10.0. The van der Waals surface area contributed by atoms with Crippen LogP contribution in [0.5, 0.6) is 0 Å². The molecule has 0 fully saturated rings. The highest BCUT2D eigenvalue weighted by molar-refractivity contribution is 5.70. The van der Waals surface area contributed by atoms with Crippen molar-refractivity contribution < 1.29 is 23.8 Å². The van der Waals surface area contributed by atoms with Crippen molar-refractivity contribution in [1.29, 1.82) is 0 Å². The number of carbonyl (C=O) groups excluding carboxylic acids is 2. The summed E-state index contributed by atoms with van der Waals surface area (Å²) in [5.74, 6) is -0.687. The molecule has 0 saturated heterocycles. The van der Waals surface area contributed by atoms with Crippen LogP contribution in [0.3, 0.4) is 0 Å². The summed E-state index contributed by atoms with van der Waals surface area (Å²) < 4.78 is 16.4. The SMILES string of the molecule is CC/C=C\C/C=C\C/C=C\C/C=C\C/C=C\C/C=C\CCC(=O)O[C@H](COCCCCCCCCCCCCCCCC)COC(C)=O. The fourth-order valence-corrected chi connectivity index (χ4v) is 5.03. The molecule has 5 heteroatoms. The smallest absolute Gasteiger partial charge is 0.306 e. The Labute approximate surface area is 296 Å². The molecule has 0 rings (SSSR count). The van der Waals surface area contributed by atoms with Gasteiger partial charge in [-0.05, 0) is 51.4 Å². The monoisotopic (exact) mass is 669 g/mol. The molecule has 0 aromatic rings. The zero-order valence-electron chi connectivity index (χ0n) is 31.2. The van der Waals surface area contributed by atoms with Crippen LogP contribution in [0.25, 0.3) is 0 Å². The average Bonchev–Trinajstić information content (AvgIpc) is 3.07. The fraction of sp³-hybridized carbons (Fsp3) is 0.674. The van der Waals surface area contributed by atoms with Crippen molar-refractivity contribution in [2.45, 2.75) is 168 Å². The van der Waals surface area contributed by atoms with Crippen LogP contribution in [-0.2, 0) is 23.8 Å². The number of hydrogen-bond acceptors (Lipinski definition) is 5. The van der Waals surface area contributed by atoms with Crippen LogP contribution in [0, 0.1) is 0 Å². The van der Waals surface area contributed by atoms with Crippen molar-refractivity contribution in [2.75, 3.05) is 19.8 Å². The molecule has 0 amide bonds. The summed E-state index contributed by atoms with van der Waals surface area (Å²) in [6, 6.07) is 0. The maximum Gasteiger partial charge on any atom is 0.306 e. The van der Waals surface area contributed by atoms with Gasteiger partial charge in [-0.15, -0.1) is 0 Å². The minimum Gasteiger partial charge on any atom is -0.462 e. The summed E-state index contributed by atoms with van der Waals surface area (Å²) in [5, 5.41) is 0. The van der Waals surface area contributed by atoms with Gasteiger partial charge >= 0.3 is 11.9 Å². The minimum absolute atomic E-state index is 0.0275. The first-order chi connectivity index (χ1) is 23.6. The lowest BCUT2D eigenvalue weighted by molar-refractivity contribution is -0.161. The molecule has 48 heavy (non-hydrogen) atoms. The Morgan fingerprint density at radius 1 is 0.521 bits per heavy atom. The first-order valence-electron chi connectivity index (χ1n) is 19.4. The second kappa shape index (κ2) is 38.8. The van der Waals surface area contributed by atoms with Crippen molar-refractivity contribution in [1.82, 2.24) is 0 Å². The molecule has 0 aliphatic carbocycles. The largest absolute Gasteiger partial charge is 0.462 e. The van der Waals surface area contributed by atoms with E-state index in [0.29, 0.717) is 13.0 Å². The van der Waals surface area contributed by atoms with Gasteiger partial charge in [0, 0.05) is 20.0 Å². The number of carbonyl (C=O) groups is 2. The molecule has 0 spiro atoms. The van der Waals surface area contributed by atoms with E-state index in [0.717, 1.165) is 51.4 Å². The Kier molecular flexibility index (Phi) is 36.6. The molecule has 0 radical (unpaired) electrons. The number of esters is 2. The Balaban J connectivity index is 3.90. The zero-order chi connectivity index (χ0) is 35.0. The third-order valence-corrected chi connectivity index (χ3v) is 7.83. The molecule has 0 heterocycles. The topological polar surface area (TPSA) is 61.8 Å². The Hall–Kier alpha value is -2.66. The second-order valence-corrected chi connectivity index (χ2v) is 12.5. The van der Waals surface area contributed by atoms with Crippen molar-refractivity contribution in [3.8, 4) is 0 Å². The summed E-state index contributed by atoms with van der Waals surface area (Å²) in [5.41, 5.74) is 0. The van der Waals surface area contributed by atoms with Gasteiger partial charge in [0.25, 0.3) is 0 Å². The highest BCUT2D eigenvalue weighted by Crippen LogP contribution is 2.13. The Bertz CT molecular complexity index is 895. The van der Waals surface area contributed by atoms with Crippen LogP contribution in [0.1, 0.15) is 162 Å². The van der Waals surface area contributed by atoms with Crippen molar-refractivity contribution in [2.24, 2.45) is 0 Å². The van der Waals surface area contributed by atoms with Crippen molar-refractivity contribution in [3.63, 3.8) is 0 Å². The van der Waals surface area contributed by atoms with E-state index in [9.17, 15) is 9.59 Å².